The lowest BCUT2D eigenvalue weighted by Gasteiger charge is -2.11. The van der Waals surface area contributed by atoms with Crippen LogP contribution in [0.15, 0.2) is 24.3 Å². The molecular formula is C13H9Cl2FN2O2. The van der Waals surface area contributed by atoms with Gasteiger partial charge in [0.2, 0.25) is 0 Å². The summed E-state index contributed by atoms with van der Waals surface area (Å²) in [7, 11) is 0. The van der Waals surface area contributed by atoms with E-state index in [-0.39, 0.29) is 15.6 Å². The zero-order valence-electron chi connectivity index (χ0n) is 10.2. The maximum Gasteiger partial charge on any atom is 0.337 e. The number of hydrogen-bond acceptors (Lipinski definition) is 3. The van der Waals surface area contributed by atoms with Gasteiger partial charge in [-0.05, 0) is 31.2 Å². The molecule has 4 nitrogen and oxygen atoms in total. The molecule has 0 amide bonds. The number of pyridine rings is 1. The molecule has 0 bridgehead atoms. The molecule has 2 rings (SSSR count). The Morgan fingerprint density at radius 1 is 1.30 bits per heavy atom. The SMILES string of the molecule is Cc1nc(Nc2c(Cl)cc(F)cc2Cl)ccc1C(=O)O. The molecule has 0 fully saturated rings. The lowest BCUT2D eigenvalue weighted by atomic mass is 10.2. The summed E-state index contributed by atoms with van der Waals surface area (Å²) in [6, 6.07) is 5.13. The normalized spacial score (nSPS) is 10.4. The first-order chi connectivity index (χ1) is 9.38. The molecule has 1 aromatic heterocycles. The predicted molar refractivity (Wildman–Crippen MR) is 75.6 cm³/mol. The van der Waals surface area contributed by atoms with Gasteiger partial charge in [0.15, 0.2) is 0 Å². The summed E-state index contributed by atoms with van der Waals surface area (Å²) in [5.41, 5.74) is 0.758. The maximum atomic E-state index is 13.1. The summed E-state index contributed by atoms with van der Waals surface area (Å²) in [5.74, 6) is -1.24. The topological polar surface area (TPSA) is 62.2 Å². The number of nitrogens with zero attached hydrogens (tertiary/aromatic N) is 1. The molecule has 1 aromatic carbocycles. The Morgan fingerprint density at radius 3 is 2.40 bits per heavy atom. The minimum atomic E-state index is -1.06. The van der Waals surface area contributed by atoms with Crippen molar-refractivity contribution < 1.29 is 14.3 Å². The molecule has 0 saturated carbocycles. The van der Waals surface area contributed by atoms with Gasteiger partial charge >= 0.3 is 5.97 Å². The van der Waals surface area contributed by atoms with E-state index >= 15 is 0 Å². The number of nitrogens with one attached hydrogen (secondary N) is 1. The van der Waals surface area contributed by atoms with Crippen LogP contribution in [0.1, 0.15) is 16.1 Å². The van der Waals surface area contributed by atoms with E-state index in [0.717, 1.165) is 12.1 Å². The number of carboxylic acids is 1. The van der Waals surface area contributed by atoms with Gasteiger partial charge < -0.3 is 10.4 Å². The molecule has 20 heavy (non-hydrogen) atoms. The third-order valence-corrected chi connectivity index (χ3v) is 3.17. The summed E-state index contributed by atoms with van der Waals surface area (Å²) in [6.45, 7) is 1.57. The van der Waals surface area contributed by atoms with Crippen molar-refractivity contribution in [2.45, 2.75) is 6.92 Å². The van der Waals surface area contributed by atoms with Crippen LogP contribution < -0.4 is 5.32 Å². The minimum Gasteiger partial charge on any atom is -0.478 e. The van der Waals surface area contributed by atoms with Crippen LogP contribution in [0, 0.1) is 12.7 Å². The molecule has 2 N–H and O–H groups in total. The molecule has 0 atom stereocenters. The van der Waals surface area contributed by atoms with Crippen molar-refractivity contribution in [1.82, 2.24) is 4.98 Å². The number of aromatic nitrogens is 1. The minimum absolute atomic E-state index is 0.104. The molecule has 0 aliphatic carbocycles. The molecule has 2 aromatic rings. The highest BCUT2D eigenvalue weighted by Crippen LogP contribution is 2.33. The number of benzene rings is 1. The second kappa shape index (κ2) is 5.64. The molecular weight excluding hydrogens is 306 g/mol. The van der Waals surface area contributed by atoms with Crippen molar-refractivity contribution >= 4 is 40.7 Å². The molecule has 0 aliphatic rings. The highest BCUT2D eigenvalue weighted by atomic mass is 35.5. The lowest BCUT2D eigenvalue weighted by Crippen LogP contribution is -2.04. The van der Waals surface area contributed by atoms with Crippen LogP contribution in [-0.4, -0.2) is 16.1 Å². The molecule has 0 saturated heterocycles. The summed E-state index contributed by atoms with van der Waals surface area (Å²) >= 11 is 11.8. The van der Waals surface area contributed by atoms with E-state index in [1.807, 2.05) is 0 Å². The second-order valence-corrected chi connectivity index (χ2v) is 4.82. The number of rotatable bonds is 3. The summed E-state index contributed by atoms with van der Waals surface area (Å²) in [6.07, 6.45) is 0. The Labute approximate surface area is 124 Å². The standard InChI is InChI=1S/C13H9Cl2FN2O2/c1-6-8(13(19)20)2-3-11(17-6)18-12-9(14)4-7(16)5-10(12)15/h2-5H,1H3,(H,17,18)(H,19,20). The Kier molecular flexibility index (Phi) is 4.11. The van der Waals surface area contributed by atoms with Crippen LogP contribution in [0.2, 0.25) is 10.0 Å². The Balaban J connectivity index is 2.36. The third kappa shape index (κ3) is 3.00. The molecule has 0 unspecified atom stereocenters. The summed E-state index contributed by atoms with van der Waals surface area (Å²) in [5, 5.41) is 12.0. The largest absolute Gasteiger partial charge is 0.478 e. The van der Waals surface area contributed by atoms with E-state index in [0.29, 0.717) is 17.2 Å². The molecule has 1 heterocycles. The smallest absolute Gasteiger partial charge is 0.337 e. The van der Waals surface area contributed by atoms with Crippen LogP contribution in [0.5, 0.6) is 0 Å². The predicted octanol–water partition coefficient (Wildman–Crippen LogP) is 4.28. The first-order valence-electron chi connectivity index (χ1n) is 5.51. The van der Waals surface area contributed by atoms with Crippen molar-refractivity contribution in [1.29, 1.82) is 0 Å². The van der Waals surface area contributed by atoms with Crippen LogP contribution in [-0.2, 0) is 0 Å². The lowest BCUT2D eigenvalue weighted by molar-refractivity contribution is 0.0695. The fourth-order valence-electron chi connectivity index (χ4n) is 1.65. The zero-order valence-corrected chi connectivity index (χ0v) is 11.8. The summed E-state index contributed by atoms with van der Waals surface area (Å²) in [4.78, 5) is 15.0. The average molecular weight is 315 g/mol. The Morgan fingerprint density at radius 2 is 1.90 bits per heavy atom. The number of anilines is 2. The number of halogens is 3. The Bertz CT molecular complexity index is 669. The van der Waals surface area contributed by atoms with Gasteiger partial charge in [-0.3, -0.25) is 0 Å². The first kappa shape index (κ1) is 14.6. The van der Waals surface area contributed by atoms with Crippen LogP contribution in [0.3, 0.4) is 0 Å². The van der Waals surface area contributed by atoms with E-state index in [1.54, 1.807) is 6.92 Å². The van der Waals surface area contributed by atoms with Gasteiger partial charge in [0.05, 0.1) is 27.0 Å². The van der Waals surface area contributed by atoms with E-state index in [9.17, 15) is 9.18 Å². The van der Waals surface area contributed by atoms with Crippen molar-refractivity contribution in [3.63, 3.8) is 0 Å². The van der Waals surface area contributed by atoms with Crippen molar-refractivity contribution in [3.05, 3.63) is 51.4 Å². The molecule has 0 aliphatic heterocycles. The van der Waals surface area contributed by atoms with Crippen molar-refractivity contribution in [3.8, 4) is 0 Å². The van der Waals surface area contributed by atoms with Crippen LogP contribution in [0.25, 0.3) is 0 Å². The zero-order chi connectivity index (χ0) is 14.9. The molecule has 0 spiro atoms. The fraction of sp³-hybridized carbons (Fsp3) is 0.0769. The number of hydrogen-bond donors (Lipinski definition) is 2. The van der Waals surface area contributed by atoms with E-state index in [2.05, 4.69) is 10.3 Å². The fourth-order valence-corrected chi connectivity index (χ4v) is 2.20. The van der Waals surface area contributed by atoms with Gasteiger partial charge in [0.25, 0.3) is 0 Å². The van der Waals surface area contributed by atoms with E-state index in [4.69, 9.17) is 28.3 Å². The average Bonchev–Trinajstić information content (AvgIpc) is 2.33. The molecule has 104 valence electrons. The van der Waals surface area contributed by atoms with Crippen molar-refractivity contribution in [2.24, 2.45) is 0 Å². The monoisotopic (exact) mass is 314 g/mol. The molecule has 0 radical (unpaired) electrons. The van der Waals surface area contributed by atoms with Gasteiger partial charge in [-0.1, -0.05) is 23.2 Å². The van der Waals surface area contributed by atoms with Crippen LogP contribution >= 0.6 is 23.2 Å². The number of carbonyl (C=O) groups is 1. The number of aryl methyl sites for hydroxylation is 1. The van der Waals surface area contributed by atoms with Crippen LogP contribution in [0.4, 0.5) is 15.9 Å². The second-order valence-electron chi connectivity index (χ2n) is 4.00. The Hall–Kier alpha value is -1.85. The maximum absolute atomic E-state index is 13.1. The number of carboxylic acid groups (broad SMARTS) is 1. The van der Waals surface area contributed by atoms with Gasteiger partial charge in [-0.2, -0.15) is 0 Å². The highest BCUT2D eigenvalue weighted by Gasteiger charge is 2.12. The summed E-state index contributed by atoms with van der Waals surface area (Å²) < 4.78 is 13.1. The molecule has 7 heteroatoms. The first-order valence-corrected chi connectivity index (χ1v) is 6.26. The quantitative estimate of drug-likeness (QED) is 0.887. The van der Waals surface area contributed by atoms with E-state index in [1.165, 1.54) is 12.1 Å². The third-order valence-electron chi connectivity index (χ3n) is 2.58. The van der Waals surface area contributed by atoms with E-state index < -0.39 is 11.8 Å². The van der Waals surface area contributed by atoms with Gasteiger partial charge in [0.1, 0.15) is 11.6 Å². The number of aromatic carboxylic acids is 1. The van der Waals surface area contributed by atoms with Crippen molar-refractivity contribution in [2.75, 3.05) is 5.32 Å². The van der Waals surface area contributed by atoms with Gasteiger partial charge in [-0.25, -0.2) is 14.2 Å². The van der Waals surface area contributed by atoms with Gasteiger partial charge in [0, 0.05) is 0 Å². The van der Waals surface area contributed by atoms with Gasteiger partial charge in [-0.15, -0.1) is 0 Å². The highest BCUT2D eigenvalue weighted by molar-refractivity contribution is 6.39.